The molecule has 1 aliphatic rings. The second-order valence-corrected chi connectivity index (χ2v) is 5.66. The van der Waals surface area contributed by atoms with E-state index in [1.54, 1.807) is 24.3 Å². The Morgan fingerprint density at radius 2 is 1.50 bits per heavy atom. The van der Waals surface area contributed by atoms with Crippen LogP contribution >= 0.6 is 0 Å². The predicted octanol–water partition coefficient (Wildman–Crippen LogP) is 2.50. The van der Waals surface area contributed by atoms with Crippen molar-refractivity contribution in [1.29, 1.82) is 0 Å². The van der Waals surface area contributed by atoms with Gasteiger partial charge in [-0.2, -0.15) is 0 Å². The first-order chi connectivity index (χ1) is 9.56. The van der Waals surface area contributed by atoms with Crippen LogP contribution in [-0.2, 0) is 0 Å². The second kappa shape index (κ2) is 6.55. The molecule has 0 bridgehead atoms. The fourth-order valence-corrected chi connectivity index (χ4v) is 2.46. The van der Waals surface area contributed by atoms with Crippen LogP contribution in [0.3, 0.4) is 0 Å². The summed E-state index contributed by atoms with van der Waals surface area (Å²) in [5, 5.41) is 5.86. The molecule has 0 aromatic heterocycles. The quantitative estimate of drug-likeness (QED) is 0.886. The molecule has 1 aliphatic carbocycles. The van der Waals surface area contributed by atoms with Crippen LogP contribution in [0, 0.1) is 0 Å². The number of benzene rings is 1. The molecule has 0 spiro atoms. The maximum absolute atomic E-state index is 12.0. The largest absolute Gasteiger partial charge is 0.350 e. The van der Waals surface area contributed by atoms with Gasteiger partial charge in [0.05, 0.1) is 0 Å². The van der Waals surface area contributed by atoms with E-state index in [-0.39, 0.29) is 17.9 Å². The molecule has 1 aromatic rings. The van der Waals surface area contributed by atoms with Crippen molar-refractivity contribution in [2.24, 2.45) is 0 Å². The predicted molar refractivity (Wildman–Crippen MR) is 78.8 cm³/mol. The Balaban J connectivity index is 1.96. The smallest absolute Gasteiger partial charge is 0.251 e. The van der Waals surface area contributed by atoms with Crippen LogP contribution in [0.15, 0.2) is 24.3 Å². The highest BCUT2D eigenvalue weighted by molar-refractivity contribution is 5.98. The molecule has 1 fully saturated rings. The summed E-state index contributed by atoms with van der Waals surface area (Å²) < 4.78 is 0. The van der Waals surface area contributed by atoms with Crippen molar-refractivity contribution in [2.75, 3.05) is 0 Å². The average Bonchev–Trinajstić information content (AvgIpc) is 2.91. The van der Waals surface area contributed by atoms with E-state index in [1.165, 1.54) is 12.8 Å². The molecule has 0 aliphatic heterocycles. The van der Waals surface area contributed by atoms with E-state index in [2.05, 4.69) is 10.6 Å². The number of carbonyl (C=O) groups is 2. The normalized spacial score (nSPS) is 15.3. The summed E-state index contributed by atoms with van der Waals surface area (Å²) in [6, 6.07) is 7.22. The molecule has 2 amide bonds. The summed E-state index contributed by atoms with van der Waals surface area (Å²) >= 11 is 0. The Hall–Kier alpha value is -1.84. The van der Waals surface area contributed by atoms with Crippen molar-refractivity contribution in [3.63, 3.8) is 0 Å². The van der Waals surface area contributed by atoms with Gasteiger partial charge >= 0.3 is 0 Å². The summed E-state index contributed by atoms with van der Waals surface area (Å²) in [5.74, 6) is -0.157. The minimum Gasteiger partial charge on any atom is -0.350 e. The first-order valence-electron chi connectivity index (χ1n) is 7.28. The monoisotopic (exact) mass is 274 g/mol. The first-order valence-corrected chi connectivity index (χ1v) is 7.28. The summed E-state index contributed by atoms with van der Waals surface area (Å²) in [6.45, 7) is 3.84. The highest BCUT2D eigenvalue weighted by Gasteiger charge is 2.18. The lowest BCUT2D eigenvalue weighted by molar-refractivity contribution is 0.0928. The van der Waals surface area contributed by atoms with Gasteiger partial charge in [-0.15, -0.1) is 0 Å². The maximum Gasteiger partial charge on any atom is 0.251 e. The van der Waals surface area contributed by atoms with Gasteiger partial charge in [-0.25, -0.2) is 0 Å². The van der Waals surface area contributed by atoms with E-state index in [0.29, 0.717) is 17.2 Å². The number of nitrogens with one attached hydrogen (secondary N) is 2. The summed E-state index contributed by atoms with van der Waals surface area (Å²) in [4.78, 5) is 23.9. The number of carbonyl (C=O) groups excluding carboxylic acids is 2. The Bertz CT molecular complexity index is 474. The minimum absolute atomic E-state index is 0.0484. The Labute approximate surface area is 119 Å². The third-order valence-corrected chi connectivity index (χ3v) is 3.52. The first kappa shape index (κ1) is 14.6. The molecular formula is C16H22N2O2. The highest BCUT2D eigenvalue weighted by atomic mass is 16.2. The number of rotatable bonds is 4. The molecule has 20 heavy (non-hydrogen) atoms. The Kier molecular flexibility index (Phi) is 4.77. The lowest BCUT2D eigenvalue weighted by Gasteiger charge is -2.12. The van der Waals surface area contributed by atoms with Crippen LogP contribution in [-0.4, -0.2) is 23.9 Å². The number of amides is 2. The van der Waals surface area contributed by atoms with Gasteiger partial charge in [0.2, 0.25) is 0 Å². The third-order valence-electron chi connectivity index (χ3n) is 3.52. The molecule has 1 saturated carbocycles. The maximum atomic E-state index is 12.0. The molecule has 2 N–H and O–H groups in total. The minimum atomic E-state index is -0.109. The lowest BCUT2D eigenvalue weighted by atomic mass is 10.1. The van der Waals surface area contributed by atoms with Crippen LogP contribution in [0.4, 0.5) is 0 Å². The van der Waals surface area contributed by atoms with Gasteiger partial charge in [0.15, 0.2) is 0 Å². The van der Waals surface area contributed by atoms with Crippen molar-refractivity contribution in [3.05, 3.63) is 35.4 Å². The van der Waals surface area contributed by atoms with Crippen molar-refractivity contribution in [2.45, 2.75) is 51.6 Å². The van der Waals surface area contributed by atoms with E-state index in [0.717, 1.165) is 12.8 Å². The van der Waals surface area contributed by atoms with E-state index >= 15 is 0 Å². The van der Waals surface area contributed by atoms with Crippen LogP contribution < -0.4 is 10.6 Å². The fourth-order valence-electron chi connectivity index (χ4n) is 2.46. The van der Waals surface area contributed by atoms with E-state index < -0.39 is 0 Å². The molecule has 2 rings (SSSR count). The van der Waals surface area contributed by atoms with Crippen molar-refractivity contribution in [1.82, 2.24) is 10.6 Å². The van der Waals surface area contributed by atoms with Crippen LogP contribution in [0.25, 0.3) is 0 Å². The van der Waals surface area contributed by atoms with Crippen molar-refractivity contribution in [3.8, 4) is 0 Å². The van der Waals surface area contributed by atoms with E-state index in [4.69, 9.17) is 0 Å². The van der Waals surface area contributed by atoms with E-state index in [9.17, 15) is 9.59 Å². The van der Waals surface area contributed by atoms with Gasteiger partial charge in [-0.3, -0.25) is 9.59 Å². The zero-order chi connectivity index (χ0) is 14.5. The molecule has 0 saturated heterocycles. The molecule has 4 nitrogen and oxygen atoms in total. The Morgan fingerprint density at radius 1 is 1.00 bits per heavy atom. The topological polar surface area (TPSA) is 58.2 Å². The van der Waals surface area contributed by atoms with Crippen molar-refractivity contribution < 1.29 is 9.59 Å². The van der Waals surface area contributed by atoms with Crippen LogP contribution in [0.1, 0.15) is 60.2 Å². The molecule has 0 heterocycles. The van der Waals surface area contributed by atoms with Crippen LogP contribution in [0.5, 0.6) is 0 Å². The van der Waals surface area contributed by atoms with Gasteiger partial charge in [0, 0.05) is 23.2 Å². The van der Waals surface area contributed by atoms with Gasteiger partial charge < -0.3 is 10.6 Å². The van der Waals surface area contributed by atoms with Crippen molar-refractivity contribution >= 4 is 11.8 Å². The highest BCUT2D eigenvalue weighted by Crippen LogP contribution is 2.18. The zero-order valence-corrected chi connectivity index (χ0v) is 12.1. The van der Waals surface area contributed by atoms with Crippen LogP contribution in [0.2, 0.25) is 0 Å². The van der Waals surface area contributed by atoms with Gasteiger partial charge in [-0.1, -0.05) is 12.8 Å². The molecular weight excluding hydrogens is 252 g/mol. The molecule has 108 valence electrons. The van der Waals surface area contributed by atoms with Gasteiger partial charge in [0.1, 0.15) is 0 Å². The summed E-state index contributed by atoms with van der Waals surface area (Å²) in [6.07, 6.45) is 4.53. The summed E-state index contributed by atoms with van der Waals surface area (Å²) in [5.41, 5.74) is 1.19. The molecule has 1 aromatic carbocycles. The zero-order valence-electron chi connectivity index (χ0n) is 12.1. The second-order valence-electron chi connectivity index (χ2n) is 5.66. The number of hydrogen-bond acceptors (Lipinski definition) is 2. The molecule has 0 radical (unpaired) electrons. The SMILES string of the molecule is CC(C)NC(=O)c1ccc(C(=O)NC2CCCC2)cc1. The molecule has 0 atom stereocenters. The fraction of sp³-hybridized carbons (Fsp3) is 0.500. The average molecular weight is 274 g/mol. The van der Waals surface area contributed by atoms with E-state index in [1.807, 2.05) is 13.8 Å². The molecule has 4 heteroatoms. The Morgan fingerprint density at radius 3 is 2.00 bits per heavy atom. The summed E-state index contributed by atoms with van der Waals surface area (Å²) in [7, 11) is 0. The lowest BCUT2D eigenvalue weighted by Crippen LogP contribution is -2.32. The third kappa shape index (κ3) is 3.83. The van der Waals surface area contributed by atoms with Gasteiger partial charge in [-0.05, 0) is 51.0 Å². The molecule has 0 unspecified atom stereocenters. The standard InChI is InChI=1S/C16H22N2O2/c1-11(2)17-15(19)12-7-9-13(10-8-12)16(20)18-14-5-3-4-6-14/h7-11,14H,3-6H2,1-2H3,(H,17,19)(H,18,20). The van der Waals surface area contributed by atoms with Gasteiger partial charge in [0.25, 0.3) is 11.8 Å². The number of hydrogen-bond donors (Lipinski definition) is 2.